The fourth-order valence-corrected chi connectivity index (χ4v) is 3.36. The van der Waals surface area contributed by atoms with Crippen LogP contribution in [-0.2, 0) is 5.54 Å². The number of thiophene rings is 1. The van der Waals surface area contributed by atoms with Crippen LogP contribution in [0.4, 0.5) is 4.39 Å². The lowest BCUT2D eigenvalue weighted by atomic mass is 10.0. The summed E-state index contributed by atoms with van der Waals surface area (Å²) in [4.78, 5) is 12.5. The molecule has 1 fully saturated rings. The summed E-state index contributed by atoms with van der Waals surface area (Å²) in [6.07, 6.45) is 3.14. The Morgan fingerprint density at radius 2 is 2.12 bits per heavy atom. The summed E-state index contributed by atoms with van der Waals surface area (Å²) in [5.41, 5.74) is 1.10. The summed E-state index contributed by atoms with van der Waals surface area (Å²) < 4.78 is 14.8. The molecule has 1 N–H and O–H groups in total. The summed E-state index contributed by atoms with van der Waals surface area (Å²) in [5, 5.41) is 24.1. The van der Waals surface area contributed by atoms with Gasteiger partial charge in [-0.05, 0) is 42.0 Å². The van der Waals surface area contributed by atoms with Crippen molar-refractivity contribution in [1.29, 1.82) is 5.26 Å². The first-order chi connectivity index (χ1) is 12.6. The van der Waals surface area contributed by atoms with Crippen LogP contribution in [0.1, 0.15) is 40.5 Å². The van der Waals surface area contributed by atoms with Crippen molar-refractivity contribution < 1.29 is 9.18 Å². The first kappa shape index (κ1) is 16.4. The van der Waals surface area contributed by atoms with Crippen molar-refractivity contribution in [2.45, 2.75) is 24.4 Å². The smallest absolute Gasteiger partial charge is 0.252 e. The molecule has 1 saturated carbocycles. The zero-order chi connectivity index (χ0) is 18.1. The highest BCUT2D eigenvalue weighted by Crippen LogP contribution is 2.42. The number of benzene rings is 1. The van der Waals surface area contributed by atoms with Crippen LogP contribution in [0, 0.1) is 17.1 Å². The summed E-state index contributed by atoms with van der Waals surface area (Å²) >= 11 is 1.43. The predicted molar refractivity (Wildman–Crippen MR) is 92.9 cm³/mol. The van der Waals surface area contributed by atoms with Gasteiger partial charge in [-0.15, -0.1) is 5.10 Å². The fourth-order valence-electron chi connectivity index (χ4n) is 2.72. The molecule has 3 aromatic rings. The molecule has 1 aliphatic rings. The number of hydrogen-bond donors (Lipinski definition) is 1. The van der Waals surface area contributed by atoms with E-state index in [1.165, 1.54) is 23.5 Å². The highest BCUT2D eigenvalue weighted by atomic mass is 32.1. The van der Waals surface area contributed by atoms with Crippen molar-refractivity contribution in [2.24, 2.45) is 0 Å². The van der Waals surface area contributed by atoms with E-state index < -0.39 is 11.6 Å². The Morgan fingerprint density at radius 3 is 2.73 bits per heavy atom. The Balaban J connectivity index is 1.67. The molecular formula is C18H14FN5OS. The highest BCUT2D eigenvalue weighted by molar-refractivity contribution is 7.08. The third kappa shape index (κ3) is 2.97. The lowest BCUT2D eigenvalue weighted by Gasteiger charge is -2.16. The summed E-state index contributed by atoms with van der Waals surface area (Å²) in [6, 6.07) is 9.27. The third-order valence-electron chi connectivity index (χ3n) is 4.44. The number of rotatable bonds is 5. The monoisotopic (exact) mass is 367 g/mol. The molecule has 0 aliphatic heterocycles. The van der Waals surface area contributed by atoms with Gasteiger partial charge in [0.2, 0.25) is 0 Å². The summed E-state index contributed by atoms with van der Waals surface area (Å²) in [7, 11) is 0. The molecule has 130 valence electrons. The van der Waals surface area contributed by atoms with Crippen molar-refractivity contribution in [3.8, 4) is 6.07 Å². The molecule has 4 rings (SSSR count). The van der Waals surface area contributed by atoms with E-state index in [-0.39, 0.29) is 11.7 Å². The molecule has 1 aromatic carbocycles. The second kappa shape index (κ2) is 6.35. The van der Waals surface area contributed by atoms with Gasteiger partial charge in [-0.1, -0.05) is 17.3 Å². The van der Waals surface area contributed by atoms with E-state index in [0.29, 0.717) is 16.8 Å². The van der Waals surface area contributed by atoms with Crippen LogP contribution < -0.4 is 5.32 Å². The van der Waals surface area contributed by atoms with Gasteiger partial charge in [-0.25, -0.2) is 9.07 Å². The molecule has 0 saturated heterocycles. The molecule has 0 radical (unpaired) electrons. The zero-order valence-electron chi connectivity index (χ0n) is 13.6. The molecule has 6 nitrogen and oxygen atoms in total. The minimum absolute atomic E-state index is 0.253. The van der Waals surface area contributed by atoms with Crippen LogP contribution in [0.5, 0.6) is 0 Å². The molecule has 0 spiro atoms. The van der Waals surface area contributed by atoms with E-state index in [2.05, 4.69) is 21.7 Å². The zero-order valence-corrected chi connectivity index (χ0v) is 14.4. The molecular weight excluding hydrogens is 353 g/mol. The van der Waals surface area contributed by atoms with E-state index in [0.717, 1.165) is 12.8 Å². The van der Waals surface area contributed by atoms with Crippen molar-refractivity contribution in [3.63, 3.8) is 0 Å². The second-order valence-electron chi connectivity index (χ2n) is 6.20. The number of carbonyl (C=O) groups excluding carboxylic acids is 1. The number of amides is 1. The normalized spacial score (nSPS) is 15.8. The van der Waals surface area contributed by atoms with Crippen LogP contribution in [0.15, 0.2) is 47.3 Å². The number of halogens is 1. The van der Waals surface area contributed by atoms with Crippen LogP contribution >= 0.6 is 11.3 Å². The van der Waals surface area contributed by atoms with Crippen molar-refractivity contribution in [3.05, 3.63) is 69.9 Å². The maximum atomic E-state index is 13.3. The van der Waals surface area contributed by atoms with Crippen molar-refractivity contribution in [1.82, 2.24) is 20.3 Å². The van der Waals surface area contributed by atoms with Crippen LogP contribution in [0.25, 0.3) is 0 Å². The van der Waals surface area contributed by atoms with Crippen molar-refractivity contribution >= 4 is 17.2 Å². The number of hydrogen-bond acceptors (Lipinski definition) is 5. The Kier molecular flexibility index (Phi) is 4.01. The largest absolute Gasteiger partial charge is 0.339 e. The lowest BCUT2D eigenvalue weighted by molar-refractivity contribution is 0.0942. The Hall–Kier alpha value is -3.05. The standard InChI is InChI=1S/C18H14FN5OS/c19-14-3-1-12(2-4-14)16(21-17(25)13-5-8-26-10-13)15-9-24(23-22-15)18(11-20)6-7-18/h1-5,8-10,16H,6-7H2,(H,21,25). The number of aromatic nitrogens is 3. The molecule has 0 bridgehead atoms. The minimum Gasteiger partial charge on any atom is -0.339 e. The first-order valence-corrected chi connectivity index (χ1v) is 8.98. The van der Waals surface area contributed by atoms with E-state index in [1.807, 2.05) is 5.38 Å². The lowest BCUT2D eigenvalue weighted by Crippen LogP contribution is -2.29. The summed E-state index contributed by atoms with van der Waals surface area (Å²) in [5.74, 6) is -0.613. The molecule has 2 heterocycles. The Morgan fingerprint density at radius 1 is 1.35 bits per heavy atom. The first-order valence-electron chi connectivity index (χ1n) is 8.04. The Bertz CT molecular complexity index is 970. The highest BCUT2D eigenvalue weighted by Gasteiger charge is 2.46. The maximum absolute atomic E-state index is 13.3. The van der Waals surface area contributed by atoms with Gasteiger partial charge in [-0.3, -0.25) is 4.79 Å². The van der Waals surface area contributed by atoms with E-state index in [1.54, 1.807) is 34.5 Å². The van der Waals surface area contributed by atoms with Crippen molar-refractivity contribution in [2.75, 3.05) is 0 Å². The maximum Gasteiger partial charge on any atom is 0.252 e. The van der Waals surface area contributed by atoms with Gasteiger partial charge in [0.1, 0.15) is 17.6 Å². The number of nitriles is 1. The Labute approximate surface area is 152 Å². The van der Waals surface area contributed by atoms with Crippen LogP contribution in [0.2, 0.25) is 0 Å². The van der Waals surface area contributed by atoms with Crippen LogP contribution in [0.3, 0.4) is 0 Å². The average Bonchev–Trinajstić information content (AvgIpc) is 3.06. The topological polar surface area (TPSA) is 83.6 Å². The number of nitrogens with one attached hydrogen (secondary N) is 1. The van der Waals surface area contributed by atoms with Crippen LogP contribution in [-0.4, -0.2) is 20.9 Å². The van der Waals surface area contributed by atoms with Gasteiger partial charge in [0.25, 0.3) is 5.91 Å². The SMILES string of the molecule is N#CC1(n2cc(C(NC(=O)c3ccsc3)c3ccc(F)cc3)nn2)CC1. The third-order valence-corrected chi connectivity index (χ3v) is 5.12. The second-order valence-corrected chi connectivity index (χ2v) is 6.98. The molecule has 1 atom stereocenters. The molecule has 1 aliphatic carbocycles. The quantitative estimate of drug-likeness (QED) is 0.751. The predicted octanol–water partition coefficient (Wildman–Crippen LogP) is 3.01. The number of nitrogens with zero attached hydrogens (tertiary/aromatic N) is 4. The minimum atomic E-state index is -0.629. The summed E-state index contributed by atoms with van der Waals surface area (Å²) in [6.45, 7) is 0. The molecule has 1 unspecified atom stereocenters. The fraction of sp³-hybridized carbons (Fsp3) is 0.222. The van der Waals surface area contributed by atoms with Gasteiger partial charge < -0.3 is 5.32 Å². The molecule has 1 amide bonds. The van der Waals surface area contributed by atoms with E-state index in [9.17, 15) is 14.4 Å². The van der Waals surface area contributed by atoms with Gasteiger partial charge in [0.05, 0.1) is 17.8 Å². The van der Waals surface area contributed by atoms with Gasteiger partial charge in [0, 0.05) is 5.38 Å². The number of carbonyl (C=O) groups is 1. The van der Waals surface area contributed by atoms with Gasteiger partial charge in [0.15, 0.2) is 5.54 Å². The molecule has 8 heteroatoms. The van der Waals surface area contributed by atoms with E-state index >= 15 is 0 Å². The van der Waals surface area contributed by atoms with E-state index in [4.69, 9.17) is 0 Å². The molecule has 26 heavy (non-hydrogen) atoms. The van der Waals surface area contributed by atoms with Gasteiger partial charge >= 0.3 is 0 Å². The molecule has 2 aromatic heterocycles. The van der Waals surface area contributed by atoms with Gasteiger partial charge in [-0.2, -0.15) is 16.6 Å². The average molecular weight is 367 g/mol.